The molecule has 17 heavy (non-hydrogen) atoms. The summed E-state index contributed by atoms with van der Waals surface area (Å²) in [7, 11) is 0. The summed E-state index contributed by atoms with van der Waals surface area (Å²) >= 11 is 0. The van der Waals surface area contributed by atoms with E-state index in [-0.39, 0.29) is 6.04 Å². The molecule has 0 aromatic carbocycles. The van der Waals surface area contributed by atoms with Crippen LogP contribution in [-0.2, 0) is 6.54 Å². The number of rotatable bonds is 7. The maximum absolute atomic E-state index is 10.2. The Bertz CT molecular complexity index is 331. The Morgan fingerprint density at radius 1 is 1.41 bits per heavy atom. The molecule has 98 valence electrons. The van der Waals surface area contributed by atoms with Crippen molar-refractivity contribution < 1.29 is 5.11 Å². The summed E-state index contributed by atoms with van der Waals surface area (Å²) in [6, 6.07) is 0.222. The highest BCUT2D eigenvalue weighted by atomic mass is 16.3. The van der Waals surface area contributed by atoms with Crippen LogP contribution in [0.1, 0.15) is 52.1 Å². The van der Waals surface area contributed by atoms with Crippen LogP contribution in [0.4, 0.5) is 0 Å². The van der Waals surface area contributed by atoms with Crippen molar-refractivity contribution in [3.8, 4) is 0 Å². The number of nitrogens with zero attached hydrogens (tertiary/aromatic N) is 2. The molecular weight excluding hydrogens is 214 g/mol. The lowest BCUT2D eigenvalue weighted by molar-refractivity contribution is 0.0303. The highest BCUT2D eigenvalue weighted by Gasteiger charge is 2.22. The second kappa shape index (κ2) is 6.17. The van der Waals surface area contributed by atoms with E-state index in [9.17, 15) is 5.11 Å². The Hall–Kier alpha value is -0.870. The Morgan fingerprint density at radius 3 is 2.53 bits per heavy atom. The topological polar surface area (TPSA) is 50.1 Å². The van der Waals surface area contributed by atoms with Gasteiger partial charge in [0.15, 0.2) is 0 Å². The molecule has 0 saturated carbocycles. The standard InChI is InChI=1S/C13H25N3O/c1-5-13(17,6-2)10-14-11(4)12-8-15-16(7-3)9-12/h8-9,11,14,17H,5-7,10H2,1-4H3. The molecule has 1 rings (SSSR count). The van der Waals surface area contributed by atoms with E-state index in [1.165, 1.54) is 5.56 Å². The molecule has 0 aliphatic carbocycles. The summed E-state index contributed by atoms with van der Waals surface area (Å²) in [5, 5.41) is 17.8. The van der Waals surface area contributed by atoms with Crippen LogP contribution >= 0.6 is 0 Å². The summed E-state index contributed by atoms with van der Waals surface area (Å²) in [6.45, 7) is 9.72. The van der Waals surface area contributed by atoms with Crippen molar-refractivity contribution in [1.29, 1.82) is 0 Å². The molecule has 0 amide bonds. The van der Waals surface area contributed by atoms with E-state index in [1.54, 1.807) is 0 Å². The lowest BCUT2D eigenvalue weighted by Gasteiger charge is -2.27. The van der Waals surface area contributed by atoms with Gasteiger partial charge in [0.05, 0.1) is 11.8 Å². The Kier molecular flexibility index (Phi) is 5.15. The van der Waals surface area contributed by atoms with E-state index < -0.39 is 5.60 Å². The van der Waals surface area contributed by atoms with Gasteiger partial charge in [0.1, 0.15) is 0 Å². The van der Waals surface area contributed by atoms with Gasteiger partial charge >= 0.3 is 0 Å². The lowest BCUT2D eigenvalue weighted by Crippen LogP contribution is -2.40. The summed E-state index contributed by atoms with van der Waals surface area (Å²) in [6.07, 6.45) is 5.49. The minimum atomic E-state index is -0.588. The molecule has 1 aromatic rings. The van der Waals surface area contributed by atoms with Crippen molar-refractivity contribution in [2.45, 2.75) is 58.7 Å². The zero-order valence-electron chi connectivity index (χ0n) is 11.4. The minimum Gasteiger partial charge on any atom is -0.389 e. The first-order chi connectivity index (χ1) is 8.04. The molecule has 0 spiro atoms. The molecule has 0 aliphatic rings. The van der Waals surface area contributed by atoms with E-state index in [0.717, 1.165) is 19.4 Å². The number of hydrogen-bond acceptors (Lipinski definition) is 3. The van der Waals surface area contributed by atoms with Crippen LogP contribution in [0.25, 0.3) is 0 Å². The van der Waals surface area contributed by atoms with Gasteiger partial charge in [-0.15, -0.1) is 0 Å². The van der Waals surface area contributed by atoms with Crippen LogP contribution in [0, 0.1) is 0 Å². The maximum Gasteiger partial charge on any atom is 0.0766 e. The molecule has 0 bridgehead atoms. The molecule has 1 heterocycles. The van der Waals surface area contributed by atoms with Crippen LogP contribution in [0.3, 0.4) is 0 Å². The number of hydrogen-bond donors (Lipinski definition) is 2. The predicted octanol–water partition coefficient (Wildman–Crippen LogP) is 2.10. The van der Waals surface area contributed by atoms with Crippen molar-refractivity contribution >= 4 is 0 Å². The second-order valence-corrected chi connectivity index (χ2v) is 4.66. The molecule has 0 radical (unpaired) electrons. The van der Waals surface area contributed by atoms with Gasteiger partial charge in [-0.25, -0.2) is 0 Å². The quantitative estimate of drug-likeness (QED) is 0.766. The van der Waals surface area contributed by atoms with Gasteiger partial charge < -0.3 is 10.4 Å². The molecule has 0 aliphatic heterocycles. The van der Waals surface area contributed by atoms with Crippen LogP contribution in [-0.4, -0.2) is 27.0 Å². The third-order valence-corrected chi connectivity index (χ3v) is 3.53. The summed E-state index contributed by atoms with van der Waals surface area (Å²) in [4.78, 5) is 0. The molecule has 0 saturated heterocycles. The molecular formula is C13H25N3O. The summed E-state index contributed by atoms with van der Waals surface area (Å²) in [5.41, 5.74) is 0.580. The van der Waals surface area contributed by atoms with Crippen LogP contribution in [0.5, 0.6) is 0 Å². The number of aliphatic hydroxyl groups is 1. The van der Waals surface area contributed by atoms with E-state index in [4.69, 9.17) is 0 Å². The smallest absolute Gasteiger partial charge is 0.0766 e. The van der Waals surface area contributed by atoms with Gasteiger partial charge in [0, 0.05) is 30.9 Å². The first-order valence-corrected chi connectivity index (χ1v) is 6.52. The van der Waals surface area contributed by atoms with Gasteiger partial charge in [0.25, 0.3) is 0 Å². The van der Waals surface area contributed by atoms with Crippen molar-refractivity contribution in [2.24, 2.45) is 0 Å². The van der Waals surface area contributed by atoms with Crippen molar-refractivity contribution in [2.75, 3.05) is 6.54 Å². The van der Waals surface area contributed by atoms with E-state index in [1.807, 2.05) is 24.7 Å². The zero-order valence-corrected chi connectivity index (χ0v) is 11.4. The third kappa shape index (κ3) is 3.82. The van der Waals surface area contributed by atoms with Gasteiger partial charge in [-0.1, -0.05) is 13.8 Å². The highest BCUT2D eigenvalue weighted by Crippen LogP contribution is 2.16. The first-order valence-electron chi connectivity index (χ1n) is 6.52. The zero-order chi connectivity index (χ0) is 12.9. The van der Waals surface area contributed by atoms with Crippen molar-refractivity contribution in [1.82, 2.24) is 15.1 Å². The van der Waals surface area contributed by atoms with E-state index in [0.29, 0.717) is 6.54 Å². The number of aromatic nitrogens is 2. The average molecular weight is 239 g/mol. The van der Waals surface area contributed by atoms with Gasteiger partial charge in [-0.3, -0.25) is 4.68 Å². The molecule has 1 aromatic heterocycles. The fourth-order valence-corrected chi connectivity index (χ4v) is 1.74. The van der Waals surface area contributed by atoms with E-state index >= 15 is 0 Å². The van der Waals surface area contributed by atoms with Crippen LogP contribution in [0.2, 0.25) is 0 Å². The molecule has 0 fully saturated rings. The van der Waals surface area contributed by atoms with Crippen LogP contribution < -0.4 is 5.32 Å². The SMILES string of the molecule is CCn1cc(C(C)NCC(O)(CC)CC)cn1. The van der Waals surface area contributed by atoms with Gasteiger partial charge in [0.2, 0.25) is 0 Å². The third-order valence-electron chi connectivity index (χ3n) is 3.53. The Balaban J connectivity index is 2.51. The van der Waals surface area contributed by atoms with Gasteiger partial charge in [-0.05, 0) is 26.7 Å². The normalized spacial score (nSPS) is 13.9. The average Bonchev–Trinajstić information content (AvgIpc) is 2.84. The fourth-order valence-electron chi connectivity index (χ4n) is 1.74. The Labute approximate surface area is 104 Å². The van der Waals surface area contributed by atoms with Gasteiger partial charge in [-0.2, -0.15) is 5.10 Å². The number of aryl methyl sites for hydroxylation is 1. The molecule has 4 heteroatoms. The highest BCUT2D eigenvalue weighted by molar-refractivity contribution is 5.09. The molecule has 1 atom stereocenters. The van der Waals surface area contributed by atoms with E-state index in [2.05, 4.69) is 30.5 Å². The van der Waals surface area contributed by atoms with Crippen LogP contribution in [0.15, 0.2) is 12.4 Å². The van der Waals surface area contributed by atoms with Crippen molar-refractivity contribution in [3.05, 3.63) is 18.0 Å². The minimum absolute atomic E-state index is 0.222. The second-order valence-electron chi connectivity index (χ2n) is 4.66. The summed E-state index contributed by atoms with van der Waals surface area (Å²) < 4.78 is 1.92. The first kappa shape index (κ1) is 14.2. The largest absolute Gasteiger partial charge is 0.389 e. The molecule has 2 N–H and O–H groups in total. The number of nitrogens with one attached hydrogen (secondary N) is 1. The maximum atomic E-state index is 10.2. The molecule has 1 unspecified atom stereocenters. The summed E-state index contributed by atoms with van der Waals surface area (Å²) in [5.74, 6) is 0. The Morgan fingerprint density at radius 2 is 2.06 bits per heavy atom. The predicted molar refractivity (Wildman–Crippen MR) is 69.9 cm³/mol. The molecule has 4 nitrogen and oxygen atoms in total. The lowest BCUT2D eigenvalue weighted by atomic mass is 9.97. The van der Waals surface area contributed by atoms with Crippen molar-refractivity contribution in [3.63, 3.8) is 0 Å². The monoisotopic (exact) mass is 239 g/mol. The fraction of sp³-hybridized carbons (Fsp3) is 0.769.